The summed E-state index contributed by atoms with van der Waals surface area (Å²) in [6.45, 7) is 2.87. The minimum Gasteiger partial charge on any atom is -0.490 e. The average Bonchev–Trinajstić information content (AvgIpc) is 2.81. The molecule has 0 atom stereocenters. The number of nitrogens with zero attached hydrogens (tertiary/aromatic N) is 3. The fourth-order valence-electron chi connectivity index (χ4n) is 2.90. The lowest BCUT2D eigenvalue weighted by Gasteiger charge is -2.09. The largest absolute Gasteiger partial charge is 0.490 e. The third-order valence-corrected chi connectivity index (χ3v) is 4.67. The van der Waals surface area contributed by atoms with Crippen molar-refractivity contribution in [1.82, 2.24) is 9.97 Å². The van der Waals surface area contributed by atoms with E-state index in [-0.39, 0.29) is 17.9 Å². The number of ether oxygens (including phenoxy) is 2. The Morgan fingerprint density at radius 3 is 2.32 bits per heavy atom. The zero-order valence-electron chi connectivity index (χ0n) is 17.3. The fourth-order valence-corrected chi connectivity index (χ4v) is 2.90. The van der Waals surface area contributed by atoms with Crippen LogP contribution in [0.5, 0.6) is 11.5 Å². The van der Waals surface area contributed by atoms with E-state index in [1.807, 2.05) is 12.1 Å². The Hall–Kier alpha value is -3.53. The molecule has 160 valence electrons. The quantitative estimate of drug-likeness (QED) is 0.384. The highest BCUT2D eigenvalue weighted by molar-refractivity contribution is 5.55. The van der Waals surface area contributed by atoms with Crippen LogP contribution in [0.25, 0.3) is 11.4 Å². The summed E-state index contributed by atoms with van der Waals surface area (Å²) in [4.78, 5) is 8.68. The van der Waals surface area contributed by atoms with E-state index >= 15 is 0 Å². The van der Waals surface area contributed by atoms with Crippen molar-refractivity contribution in [2.24, 2.45) is 0 Å². The highest BCUT2D eigenvalue weighted by Crippen LogP contribution is 2.24. The molecule has 5 nitrogen and oxygen atoms in total. The van der Waals surface area contributed by atoms with Crippen molar-refractivity contribution in [3.8, 4) is 29.0 Å². The minimum absolute atomic E-state index is 0.0498. The molecule has 0 spiro atoms. The lowest BCUT2D eigenvalue weighted by Crippen LogP contribution is -2.01. The van der Waals surface area contributed by atoms with Gasteiger partial charge in [0.2, 0.25) is 5.82 Å². The Balaban J connectivity index is 1.55. The van der Waals surface area contributed by atoms with E-state index in [4.69, 9.17) is 14.7 Å². The van der Waals surface area contributed by atoms with Crippen molar-refractivity contribution in [3.63, 3.8) is 0 Å². The first kappa shape index (κ1) is 22.2. The highest BCUT2D eigenvalue weighted by Gasteiger charge is 2.14. The summed E-state index contributed by atoms with van der Waals surface area (Å²) >= 11 is 0. The Kier molecular flexibility index (Phi) is 7.88. The summed E-state index contributed by atoms with van der Waals surface area (Å²) < 4.78 is 38.6. The predicted octanol–water partition coefficient (Wildman–Crippen LogP) is 5.83. The van der Waals surface area contributed by atoms with Gasteiger partial charge in [-0.25, -0.2) is 14.4 Å². The molecule has 1 aromatic heterocycles. The van der Waals surface area contributed by atoms with Gasteiger partial charge in [-0.15, -0.1) is 0 Å². The monoisotopic (exact) mass is 423 g/mol. The molecule has 0 aliphatic carbocycles. The number of rotatable bonds is 10. The molecule has 0 aliphatic rings. The molecule has 31 heavy (non-hydrogen) atoms. The first-order valence-electron chi connectivity index (χ1n) is 10.2. The van der Waals surface area contributed by atoms with E-state index in [1.165, 1.54) is 25.0 Å². The maximum Gasteiger partial charge on any atom is 0.202 e. The van der Waals surface area contributed by atoms with Crippen LogP contribution >= 0.6 is 0 Å². The first-order chi connectivity index (χ1) is 15.1. The molecule has 1 heterocycles. The van der Waals surface area contributed by atoms with E-state index in [2.05, 4.69) is 16.9 Å². The van der Waals surface area contributed by atoms with Crippen molar-refractivity contribution < 1.29 is 18.3 Å². The lowest BCUT2D eigenvalue weighted by molar-refractivity contribution is 0.284. The number of halogens is 2. The molecule has 3 aromatic rings. The molecule has 0 amide bonds. The zero-order valence-corrected chi connectivity index (χ0v) is 17.3. The van der Waals surface area contributed by atoms with Crippen LogP contribution in [0.3, 0.4) is 0 Å². The molecule has 0 unspecified atom stereocenters. The van der Waals surface area contributed by atoms with Gasteiger partial charge in [-0.2, -0.15) is 9.65 Å². The summed E-state index contributed by atoms with van der Waals surface area (Å²) in [7, 11) is 0. The van der Waals surface area contributed by atoms with Crippen LogP contribution in [0.1, 0.15) is 43.7 Å². The fraction of sp³-hybridized carbons (Fsp3) is 0.292. The Morgan fingerprint density at radius 1 is 0.903 bits per heavy atom. The maximum atomic E-state index is 13.9. The van der Waals surface area contributed by atoms with Crippen molar-refractivity contribution >= 4 is 0 Å². The molecular weight excluding hydrogens is 400 g/mol. The molecule has 0 saturated carbocycles. The van der Waals surface area contributed by atoms with Crippen molar-refractivity contribution in [3.05, 3.63) is 71.6 Å². The number of nitriles is 1. The molecule has 0 fully saturated rings. The summed E-state index contributed by atoms with van der Waals surface area (Å²) in [6, 6.07) is 11.3. The lowest BCUT2D eigenvalue weighted by atomic mass is 10.1. The summed E-state index contributed by atoms with van der Waals surface area (Å²) in [5.74, 6) is -1.42. The van der Waals surface area contributed by atoms with Gasteiger partial charge in [0, 0.05) is 5.56 Å². The number of hydrogen-bond donors (Lipinski definition) is 0. The normalized spacial score (nSPS) is 10.5. The Bertz CT molecular complexity index is 1030. The van der Waals surface area contributed by atoms with Crippen LogP contribution in [0.15, 0.2) is 48.8 Å². The SMILES string of the molecule is CCCCCCOc1cnc(-c2ccc(COc3ccc(C#N)c(F)c3F)cc2)nc1. The predicted molar refractivity (Wildman–Crippen MR) is 113 cm³/mol. The second-order valence-electron chi connectivity index (χ2n) is 6.99. The van der Waals surface area contributed by atoms with Crippen molar-refractivity contribution in [1.29, 1.82) is 5.26 Å². The van der Waals surface area contributed by atoms with Crippen LogP contribution in [-0.4, -0.2) is 16.6 Å². The van der Waals surface area contributed by atoms with Crippen LogP contribution in [0.4, 0.5) is 8.78 Å². The molecule has 0 bridgehead atoms. The van der Waals surface area contributed by atoms with Gasteiger partial charge in [-0.3, -0.25) is 0 Å². The molecule has 0 saturated heterocycles. The van der Waals surface area contributed by atoms with Crippen LogP contribution in [0, 0.1) is 23.0 Å². The minimum atomic E-state index is -1.21. The molecule has 0 aliphatic heterocycles. The summed E-state index contributed by atoms with van der Waals surface area (Å²) in [6.07, 6.45) is 7.87. The van der Waals surface area contributed by atoms with Gasteiger partial charge in [0.15, 0.2) is 23.1 Å². The smallest absolute Gasteiger partial charge is 0.202 e. The zero-order chi connectivity index (χ0) is 22.1. The third-order valence-electron chi connectivity index (χ3n) is 4.67. The average molecular weight is 423 g/mol. The molecular formula is C24H23F2N3O2. The number of hydrogen-bond acceptors (Lipinski definition) is 5. The standard InChI is InChI=1S/C24H23F2N3O2/c1-2-3-4-5-12-30-20-14-28-24(29-15-20)18-8-6-17(7-9-18)16-31-21-11-10-19(13-27)22(25)23(21)26/h6-11,14-15H,2-5,12,16H2,1H3. The van der Waals surface area contributed by atoms with Crippen LogP contribution in [-0.2, 0) is 6.61 Å². The van der Waals surface area contributed by atoms with Crippen molar-refractivity contribution in [2.75, 3.05) is 6.61 Å². The summed E-state index contributed by atoms with van der Waals surface area (Å²) in [5, 5.41) is 8.73. The van der Waals surface area contributed by atoms with E-state index in [0.717, 1.165) is 24.0 Å². The van der Waals surface area contributed by atoms with Crippen molar-refractivity contribution in [2.45, 2.75) is 39.2 Å². The van der Waals surface area contributed by atoms with E-state index in [1.54, 1.807) is 30.6 Å². The number of benzene rings is 2. The highest BCUT2D eigenvalue weighted by atomic mass is 19.2. The Morgan fingerprint density at radius 2 is 1.65 bits per heavy atom. The number of unbranched alkanes of at least 4 members (excludes halogenated alkanes) is 3. The molecule has 2 aromatic carbocycles. The van der Waals surface area contributed by atoms with E-state index in [9.17, 15) is 8.78 Å². The van der Waals surface area contributed by atoms with Crippen LogP contribution < -0.4 is 9.47 Å². The van der Waals surface area contributed by atoms with E-state index < -0.39 is 11.6 Å². The van der Waals surface area contributed by atoms with Gasteiger partial charge in [0.1, 0.15) is 12.7 Å². The first-order valence-corrected chi connectivity index (χ1v) is 10.2. The molecule has 3 rings (SSSR count). The van der Waals surface area contributed by atoms with Gasteiger partial charge in [-0.05, 0) is 24.1 Å². The molecule has 0 N–H and O–H groups in total. The maximum absolute atomic E-state index is 13.9. The van der Waals surface area contributed by atoms with Crippen LogP contribution in [0.2, 0.25) is 0 Å². The van der Waals surface area contributed by atoms with Gasteiger partial charge < -0.3 is 9.47 Å². The molecule has 0 radical (unpaired) electrons. The second-order valence-corrected chi connectivity index (χ2v) is 6.99. The van der Waals surface area contributed by atoms with Gasteiger partial charge >= 0.3 is 0 Å². The number of aromatic nitrogens is 2. The second kappa shape index (κ2) is 11.0. The Labute approximate surface area is 180 Å². The molecule has 7 heteroatoms. The van der Waals surface area contributed by atoms with Gasteiger partial charge in [0.05, 0.1) is 24.6 Å². The van der Waals surface area contributed by atoms with Gasteiger partial charge in [-0.1, -0.05) is 50.5 Å². The topological polar surface area (TPSA) is 68.0 Å². The van der Waals surface area contributed by atoms with E-state index in [0.29, 0.717) is 18.2 Å². The summed E-state index contributed by atoms with van der Waals surface area (Å²) in [5.41, 5.74) is 1.22. The van der Waals surface area contributed by atoms with Gasteiger partial charge in [0.25, 0.3) is 0 Å². The third kappa shape index (κ3) is 5.98.